The van der Waals surface area contributed by atoms with Gasteiger partial charge in [-0.1, -0.05) is 182 Å². The van der Waals surface area contributed by atoms with Crippen molar-refractivity contribution in [1.82, 2.24) is 0 Å². The van der Waals surface area contributed by atoms with Gasteiger partial charge >= 0.3 is 0 Å². The second-order valence-electron chi connectivity index (χ2n) is 13.9. The molecular formula is C48H32SSi2. The molecule has 3 heterocycles. The number of benzene rings is 8. The van der Waals surface area contributed by atoms with E-state index in [2.05, 4.69) is 194 Å². The summed E-state index contributed by atoms with van der Waals surface area (Å²) in [5, 5.41) is 14.5. The molecule has 0 spiro atoms. The fourth-order valence-electron chi connectivity index (χ4n) is 9.67. The normalized spacial score (nSPS) is 14.6. The van der Waals surface area contributed by atoms with Crippen molar-refractivity contribution < 1.29 is 0 Å². The first-order chi connectivity index (χ1) is 25.3. The second kappa shape index (κ2) is 11.0. The summed E-state index contributed by atoms with van der Waals surface area (Å²) in [6.45, 7) is 0. The Morgan fingerprint density at radius 2 is 0.588 bits per heavy atom. The van der Waals surface area contributed by atoms with E-state index in [1.807, 2.05) is 11.3 Å². The van der Waals surface area contributed by atoms with Gasteiger partial charge in [0.25, 0.3) is 0 Å². The third kappa shape index (κ3) is 3.83. The summed E-state index contributed by atoms with van der Waals surface area (Å²) >= 11 is 1.93. The molecule has 0 nitrogen and oxygen atoms in total. The van der Waals surface area contributed by atoms with Crippen molar-refractivity contribution in [2.45, 2.75) is 0 Å². The van der Waals surface area contributed by atoms with Gasteiger partial charge in [-0.3, -0.25) is 0 Å². The Morgan fingerprint density at radius 3 is 0.941 bits per heavy atom. The number of rotatable bonds is 4. The molecule has 9 aromatic rings. The standard InChI is InChI=1S/C48H32SSi2/c1-3-15-33(16-4-1)50(45-23-11-7-19-37(45)38-20-8-12-24-46(38)50)35-27-29-43-41(31-35)42-32-36(28-30-44(42)49-43)51(34-17-5-2-6-18-34)47-25-13-9-21-39(47)40-22-10-14-26-48(40)51/h1-32H. The summed E-state index contributed by atoms with van der Waals surface area (Å²) in [5.74, 6) is 0. The molecule has 0 saturated heterocycles. The number of fused-ring (bicyclic) bond motifs is 9. The molecule has 0 saturated carbocycles. The van der Waals surface area contributed by atoms with Crippen molar-refractivity contribution in [2.24, 2.45) is 0 Å². The van der Waals surface area contributed by atoms with Gasteiger partial charge in [0, 0.05) is 20.2 Å². The minimum absolute atomic E-state index is 1.35. The molecule has 51 heavy (non-hydrogen) atoms. The summed E-state index contributed by atoms with van der Waals surface area (Å²) in [6.07, 6.45) is 0. The Morgan fingerprint density at radius 1 is 0.275 bits per heavy atom. The van der Waals surface area contributed by atoms with Gasteiger partial charge in [-0.25, -0.2) is 0 Å². The van der Waals surface area contributed by atoms with E-state index >= 15 is 0 Å². The first-order valence-electron chi connectivity index (χ1n) is 17.8. The van der Waals surface area contributed by atoms with E-state index in [0.717, 1.165) is 0 Å². The largest absolute Gasteiger partial charge is 0.180 e. The molecule has 0 amide bonds. The molecule has 2 aliphatic heterocycles. The summed E-state index contributed by atoms with van der Waals surface area (Å²) in [6, 6.07) is 74.4. The van der Waals surface area contributed by atoms with Crippen LogP contribution in [-0.4, -0.2) is 16.1 Å². The molecule has 1 aromatic heterocycles. The zero-order valence-electron chi connectivity index (χ0n) is 27.9. The fourth-order valence-corrected chi connectivity index (χ4v) is 21.1. The first-order valence-corrected chi connectivity index (χ1v) is 22.6. The van der Waals surface area contributed by atoms with Gasteiger partial charge in [0.1, 0.15) is 0 Å². The molecule has 0 atom stereocenters. The van der Waals surface area contributed by atoms with E-state index in [4.69, 9.17) is 0 Å². The predicted octanol–water partition coefficient (Wildman–Crippen LogP) is 6.77. The molecule has 0 radical (unpaired) electrons. The number of hydrogen-bond donors (Lipinski definition) is 0. The highest BCUT2D eigenvalue weighted by Crippen LogP contribution is 2.36. The van der Waals surface area contributed by atoms with Crippen molar-refractivity contribution in [1.29, 1.82) is 0 Å². The van der Waals surface area contributed by atoms with Crippen LogP contribution in [0.2, 0.25) is 0 Å². The van der Waals surface area contributed by atoms with Crippen molar-refractivity contribution in [3.63, 3.8) is 0 Å². The lowest BCUT2D eigenvalue weighted by molar-refractivity contribution is 1.71. The molecule has 11 rings (SSSR count). The van der Waals surface area contributed by atoms with Crippen LogP contribution in [0.5, 0.6) is 0 Å². The van der Waals surface area contributed by atoms with Gasteiger partial charge in [-0.2, -0.15) is 0 Å². The van der Waals surface area contributed by atoms with Gasteiger partial charge in [-0.05, 0) is 75.9 Å². The van der Waals surface area contributed by atoms with E-state index in [1.165, 1.54) is 83.9 Å². The molecule has 0 bridgehead atoms. The Balaban J connectivity index is 1.21. The van der Waals surface area contributed by atoms with Crippen LogP contribution in [0.3, 0.4) is 0 Å². The van der Waals surface area contributed by atoms with Crippen LogP contribution < -0.4 is 41.5 Å². The van der Waals surface area contributed by atoms with Crippen LogP contribution in [0.1, 0.15) is 0 Å². The lowest BCUT2D eigenvalue weighted by Gasteiger charge is -2.31. The molecule has 238 valence electrons. The Labute approximate surface area is 304 Å². The predicted molar refractivity (Wildman–Crippen MR) is 225 cm³/mol. The highest BCUT2D eigenvalue weighted by molar-refractivity contribution is 7.26. The summed E-state index contributed by atoms with van der Waals surface area (Å²) in [4.78, 5) is 0. The van der Waals surface area contributed by atoms with E-state index in [9.17, 15) is 0 Å². The summed E-state index contributed by atoms with van der Waals surface area (Å²) in [5.41, 5.74) is 5.54. The smallest absolute Gasteiger partial charge is 0.135 e. The number of hydrogen-bond acceptors (Lipinski definition) is 1. The van der Waals surface area contributed by atoms with Gasteiger partial charge in [0.05, 0.1) is 0 Å². The Kier molecular flexibility index (Phi) is 6.27. The minimum atomic E-state index is -2.59. The van der Waals surface area contributed by atoms with Crippen LogP contribution >= 0.6 is 11.3 Å². The molecule has 0 N–H and O–H groups in total. The zero-order chi connectivity index (χ0) is 33.6. The molecule has 0 unspecified atom stereocenters. The molecule has 8 aromatic carbocycles. The van der Waals surface area contributed by atoms with Crippen LogP contribution in [-0.2, 0) is 0 Å². The SMILES string of the molecule is c1ccc([Si]2(c3ccc4sc5ccc([Si]6(c7ccccc7)c7ccccc7-c7ccccc76)cc5c4c3)c3ccccc3-c3ccccc32)cc1. The fraction of sp³-hybridized carbons (Fsp3) is 0. The first kappa shape index (κ1) is 29.2. The van der Waals surface area contributed by atoms with Crippen LogP contribution in [0.25, 0.3) is 42.4 Å². The van der Waals surface area contributed by atoms with Crippen LogP contribution in [0.4, 0.5) is 0 Å². The minimum Gasteiger partial charge on any atom is -0.135 e. The van der Waals surface area contributed by atoms with Crippen molar-refractivity contribution in [3.8, 4) is 22.3 Å². The van der Waals surface area contributed by atoms with E-state index in [-0.39, 0.29) is 0 Å². The van der Waals surface area contributed by atoms with E-state index < -0.39 is 16.1 Å². The topological polar surface area (TPSA) is 0 Å². The van der Waals surface area contributed by atoms with Gasteiger partial charge in [-0.15, -0.1) is 11.3 Å². The summed E-state index contributed by atoms with van der Waals surface area (Å²) in [7, 11) is -5.18. The average Bonchev–Trinajstić information content (AvgIpc) is 3.83. The maximum Gasteiger partial charge on any atom is 0.180 e. The Bertz CT molecular complexity index is 2530. The molecule has 2 aliphatic rings. The van der Waals surface area contributed by atoms with E-state index in [0.29, 0.717) is 0 Å². The van der Waals surface area contributed by atoms with Crippen LogP contribution in [0, 0.1) is 0 Å². The third-order valence-corrected chi connectivity index (χ3v) is 22.5. The van der Waals surface area contributed by atoms with Crippen molar-refractivity contribution in [2.75, 3.05) is 0 Å². The van der Waals surface area contributed by atoms with Gasteiger partial charge in [0.15, 0.2) is 16.1 Å². The van der Waals surface area contributed by atoms with Gasteiger partial charge in [0.2, 0.25) is 0 Å². The molecule has 3 heteroatoms. The second-order valence-corrected chi connectivity index (χ2v) is 22.5. The van der Waals surface area contributed by atoms with E-state index in [1.54, 1.807) is 0 Å². The monoisotopic (exact) mass is 696 g/mol. The van der Waals surface area contributed by atoms with Gasteiger partial charge < -0.3 is 0 Å². The quantitative estimate of drug-likeness (QED) is 0.178. The molecule has 0 aliphatic carbocycles. The zero-order valence-corrected chi connectivity index (χ0v) is 30.7. The highest BCUT2D eigenvalue weighted by Gasteiger charge is 2.50. The van der Waals surface area contributed by atoms with Crippen molar-refractivity contribution >= 4 is 89.2 Å². The maximum atomic E-state index is 2.59. The Hall–Kier alpha value is -5.59. The molecule has 0 fully saturated rings. The number of thiophene rings is 1. The highest BCUT2D eigenvalue weighted by atomic mass is 32.1. The molecular weight excluding hydrogens is 665 g/mol. The maximum absolute atomic E-state index is 2.59. The van der Waals surface area contributed by atoms with Crippen LogP contribution in [0.15, 0.2) is 194 Å². The summed E-state index contributed by atoms with van der Waals surface area (Å²) < 4.78 is 2.70. The average molecular weight is 697 g/mol. The lowest BCUT2D eigenvalue weighted by atomic mass is 10.1. The third-order valence-electron chi connectivity index (χ3n) is 11.7. The van der Waals surface area contributed by atoms with Crippen molar-refractivity contribution in [3.05, 3.63) is 194 Å². The lowest BCUT2D eigenvalue weighted by Crippen LogP contribution is -2.72.